The Labute approximate surface area is 90.0 Å². The van der Waals surface area contributed by atoms with Crippen molar-refractivity contribution in [2.45, 2.75) is 26.4 Å². The van der Waals surface area contributed by atoms with E-state index in [1.807, 2.05) is 12.1 Å². The average Bonchev–Trinajstić information content (AvgIpc) is 2.25. The fourth-order valence-corrected chi connectivity index (χ4v) is 1.23. The van der Waals surface area contributed by atoms with E-state index in [9.17, 15) is 0 Å². The van der Waals surface area contributed by atoms with E-state index >= 15 is 0 Å². The lowest BCUT2D eigenvalue weighted by molar-refractivity contribution is 0.118. The van der Waals surface area contributed by atoms with Gasteiger partial charge in [-0.25, -0.2) is 0 Å². The molecular weight excluding hydrogens is 190 g/mol. The van der Waals surface area contributed by atoms with Crippen molar-refractivity contribution in [1.29, 1.82) is 5.41 Å². The maximum Gasteiger partial charge on any atom is 0.142 e. The Bertz CT molecular complexity index is 325. The zero-order chi connectivity index (χ0) is 11.1. The Morgan fingerprint density at radius 1 is 1.60 bits per heavy atom. The van der Waals surface area contributed by atoms with Crippen LogP contribution in [0.4, 0.5) is 0 Å². The smallest absolute Gasteiger partial charge is 0.142 e. The van der Waals surface area contributed by atoms with Crippen LogP contribution in [-0.4, -0.2) is 17.4 Å². The van der Waals surface area contributed by atoms with E-state index in [-0.39, 0.29) is 5.84 Å². The van der Waals surface area contributed by atoms with Crippen molar-refractivity contribution in [2.75, 3.05) is 6.61 Å². The number of nitrogens with zero attached hydrogens (tertiary/aromatic N) is 1. The molecule has 1 rings (SSSR count). The molecule has 0 spiro atoms. The van der Waals surface area contributed by atoms with Crippen LogP contribution in [0.15, 0.2) is 18.3 Å². The van der Waals surface area contributed by atoms with Crippen LogP contribution in [-0.2, 0) is 11.3 Å². The summed E-state index contributed by atoms with van der Waals surface area (Å²) in [5, 5.41) is 7.35. The van der Waals surface area contributed by atoms with E-state index in [4.69, 9.17) is 15.9 Å². The van der Waals surface area contributed by atoms with E-state index in [0.717, 1.165) is 25.0 Å². The molecule has 0 saturated carbocycles. The first-order valence-corrected chi connectivity index (χ1v) is 5.11. The summed E-state index contributed by atoms with van der Waals surface area (Å²) < 4.78 is 5.46. The third-order valence-corrected chi connectivity index (χ3v) is 2.05. The second-order valence-electron chi connectivity index (χ2n) is 3.33. The standard InChI is InChI=1S/C11H17N3O/c1-2-3-7-15-8-9-5-4-6-14-10(9)11(12)13/h4-6H,2-3,7-8H2,1H3,(H3,12,13). The van der Waals surface area contributed by atoms with Gasteiger partial charge in [0.15, 0.2) is 0 Å². The fraction of sp³-hybridized carbons (Fsp3) is 0.455. The quantitative estimate of drug-likeness (QED) is 0.423. The molecule has 1 aromatic heterocycles. The maximum absolute atomic E-state index is 7.35. The third kappa shape index (κ3) is 3.67. The molecule has 0 aliphatic carbocycles. The molecule has 0 bridgehead atoms. The molecule has 0 fully saturated rings. The van der Waals surface area contributed by atoms with E-state index in [1.54, 1.807) is 6.20 Å². The largest absolute Gasteiger partial charge is 0.382 e. The molecule has 3 N–H and O–H groups in total. The minimum absolute atomic E-state index is 0.00954. The van der Waals surface area contributed by atoms with Crippen LogP contribution in [0.5, 0.6) is 0 Å². The summed E-state index contributed by atoms with van der Waals surface area (Å²) in [4.78, 5) is 4.05. The minimum atomic E-state index is -0.00954. The first-order chi connectivity index (χ1) is 7.25. The Hall–Kier alpha value is -1.42. The number of hydrogen-bond donors (Lipinski definition) is 2. The van der Waals surface area contributed by atoms with Gasteiger partial charge in [-0.05, 0) is 12.5 Å². The molecule has 0 unspecified atom stereocenters. The van der Waals surface area contributed by atoms with Crippen LogP contribution in [0.25, 0.3) is 0 Å². The second kappa shape index (κ2) is 6.14. The van der Waals surface area contributed by atoms with Crippen LogP contribution in [0.3, 0.4) is 0 Å². The van der Waals surface area contributed by atoms with E-state index in [1.165, 1.54) is 0 Å². The molecular formula is C11H17N3O. The number of nitrogens with two attached hydrogens (primary N) is 1. The number of rotatable bonds is 6. The number of nitrogen functional groups attached to an aromatic ring is 1. The van der Waals surface area contributed by atoms with E-state index in [0.29, 0.717) is 12.3 Å². The Morgan fingerprint density at radius 2 is 2.40 bits per heavy atom. The molecule has 1 aromatic rings. The van der Waals surface area contributed by atoms with Gasteiger partial charge in [-0.15, -0.1) is 0 Å². The van der Waals surface area contributed by atoms with Gasteiger partial charge in [0.1, 0.15) is 11.5 Å². The lowest BCUT2D eigenvalue weighted by atomic mass is 10.2. The normalized spacial score (nSPS) is 10.2. The number of pyridine rings is 1. The van der Waals surface area contributed by atoms with Crippen molar-refractivity contribution in [3.63, 3.8) is 0 Å². The van der Waals surface area contributed by atoms with Gasteiger partial charge in [0, 0.05) is 18.4 Å². The highest BCUT2D eigenvalue weighted by Crippen LogP contribution is 2.06. The van der Waals surface area contributed by atoms with E-state index < -0.39 is 0 Å². The summed E-state index contributed by atoms with van der Waals surface area (Å²) in [5.74, 6) is -0.00954. The Kier molecular flexibility index (Phi) is 4.77. The minimum Gasteiger partial charge on any atom is -0.382 e. The topological polar surface area (TPSA) is 72.0 Å². The van der Waals surface area contributed by atoms with Crippen LogP contribution < -0.4 is 5.73 Å². The number of nitrogens with one attached hydrogen (secondary N) is 1. The number of ether oxygens (including phenoxy) is 1. The zero-order valence-electron chi connectivity index (χ0n) is 8.99. The van der Waals surface area contributed by atoms with Crippen LogP contribution in [0, 0.1) is 5.41 Å². The second-order valence-corrected chi connectivity index (χ2v) is 3.33. The van der Waals surface area contributed by atoms with Gasteiger partial charge in [-0.2, -0.15) is 0 Å². The molecule has 0 amide bonds. The summed E-state index contributed by atoms with van der Waals surface area (Å²) in [6.45, 7) is 3.33. The Morgan fingerprint density at radius 3 is 3.07 bits per heavy atom. The predicted octanol–water partition coefficient (Wildman–Crippen LogP) is 1.68. The van der Waals surface area contributed by atoms with Crippen molar-refractivity contribution in [1.82, 2.24) is 4.98 Å². The molecule has 15 heavy (non-hydrogen) atoms. The van der Waals surface area contributed by atoms with Crippen LogP contribution in [0.2, 0.25) is 0 Å². The molecule has 0 aliphatic heterocycles. The summed E-state index contributed by atoms with van der Waals surface area (Å²) in [7, 11) is 0. The number of aromatic nitrogens is 1. The third-order valence-electron chi connectivity index (χ3n) is 2.05. The first-order valence-electron chi connectivity index (χ1n) is 5.11. The Balaban J connectivity index is 2.56. The summed E-state index contributed by atoms with van der Waals surface area (Å²) in [5.41, 5.74) is 6.81. The predicted molar refractivity (Wildman–Crippen MR) is 59.8 cm³/mol. The summed E-state index contributed by atoms with van der Waals surface area (Å²) in [6, 6.07) is 3.71. The molecule has 4 nitrogen and oxygen atoms in total. The van der Waals surface area contributed by atoms with Crippen LogP contribution >= 0.6 is 0 Å². The highest BCUT2D eigenvalue weighted by molar-refractivity contribution is 5.94. The first kappa shape index (κ1) is 11.7. The van der Waals surface area contributed by atoms with Gasteiger partial charge in [-0.3, -0.25) is 10.4 Å². The van der Waals surface area contributed by atoms with Gasteiger partial charge in [0.25, 0.3) is 0 Å². The van der Waals surface area contributed by atoms with Crippen molar-refractivity contribution >= 4 is 5.84 Å². The van der Waals surface area contributed by atoms with Crippen molar-refractivity contribution in [2.24, 2.45) is 5.73 Å². The molecule has 4 heteroatoms. The van der Waals surface area contributed by atoms with Gasteiger partial charge in [0.05, 0.1) is 6.61 Å². The number of hydrogen-bond acceptors (Lipinski definition) is 3. The molecule has 0 atom stereocenters. The van der Waals surface area contributed by atoms with Gasteiger partial charge in [0.2, 0.25) is 0 Å². The fourth-order valence-electron chi connectivity index (χ4n) is 1.23. The monoisotopic (exact) mass is 207 g/mol. The van der Waals surface area contributed by atoms with Gasteiger partial charge >= 0.3 is 0 Å². The van der Waals surface area contributed by atoms with Gasteiger partial charge in [-0.1, -0.05) is 19.4 Å². The lowest BCUT2D eigenvalue weighted by Gasteiger charge is -2.07. The summed E-state index contributed by atoms with van der Waals surface area (Å²) >= 11 is 0. The zero-order valence-corrected chi connectivity index (χ0v) is 8.99. The molecule has 1 heterocycles. The molecule has 82 valence electrons. The maximum atomic E-state index is 7.35. The molecule has 0 aromatic carbocycles. The lowest BCUT2D eigenvalue weighted by Crippen LogP contribution is -2.16. The van der Waals surface area contributed by atoms with Crippen LogP contribution in [0.1, 0.15) is 31.0 Å². The average molecular weight is 207 g/mol. The number of unbranched alkanes of at least 4 members (excludes halogenated alkanes) is 1. The molecule has 0 aliphatic rings. The molecule has 0 radical (unpaired) electrons. The summed E-state index contributed by atoms with van der Waals surface area (Å²) in [6.07, 6.45) is 3.80. The van der Waals surface area contributed by atoms with E-state index in [2.05, 4.69) is 11.9 Å². The van der Waals surface area contributed by atoms with Gasteiger partial charge < -0.3 is 10.5 Å². The highest BCUT2D eigenvalue weighted by atomic mass is 16.5. The number of amidine groups is 1. The van der Waals surface area contributed by atoms with Crippen molar-refractivity contribution in [3.05, 3.63) is 29.6 Å². The van der Waals surface area contributed by atoms with Crippen molar-refractivity contribution < 1.29 is 4.74 Å². The van der Waals surface area contributed by atoms with Crippen molar-refractivity contribution in [3.8, 4) is 0 Å². The SMILES string of the molecule is CCCCOCc1cccnc1C(=N)N. The highest BCUT2D eigenvalue weighted by Gasteiger charge is 2.05. The molecule has 0 saturated heterocycles.